The van der Waals surface area contributed by atoms with Crippen molar-refractivity contribution in [2.24, 2.45) is 0 Å². The number of esters is 2. The van der Waals surface area contributed by atoms with Gasteiger partial charge in [-0.15, -0.1) is 23.5 Å². The molecule has 1 spiro atoms. The lowest BCUT2D eigenvalue weighted by Gasteiger charge is -2.38. The van der Waals surface area contributed by atoms with Crippen molar-refractivity contribution in [3.8, 4) is 5.75 Å². The smallest absolute Gasteiger partial charge is 0.308 e. The summed E-state index contributed by atoms with van der Waals surface area (Å²) in [6.45, 7) is 2.80. The Labute approximate surface area is 138 Å². The number of hydrogen-bond acceptors (Lipinski definition) is 6. The van der Waals surface area contributed by atoms with E-state index >= 15 is 0 Å². The van der Waals surface area contributed by atoms with Gasteiger partial charge in [0.2, 0.25) is 0 Å². The van der Waals surface area contributed by atoms with Crippen molar-refractivity contribution in [3.63, 3.8) is 0 Å². The summed E-state index contributed by atoms with van der Waals surface area (Å²) in [5.41, 5.74) is 1.96. The Bertz CT molecular complexity index is 608. The van der Waals surface area contributed by atoms with Crippen LogP contribution in [-0.4, -0.2) is 27.5 Å². The molecule has 1 aliphatic carbocycles. The van der Waals surface area contributed by atoms with Crippen LogP contribution in [0.5, 0.6) is 5.75 Å². The third-order valence-electron chi connectivity index (χ3n) is 3.81. The Morgan fingerprint density at radius 3 is 2.55 bits per heavy atom. The number of ether oxygens (including phenoxy) is 2. The van der Waals surface area contributed by atoms with E-state index in [4.69, 9.17) is 9.47 Å². The predicted molar refractivity (Wildman–Crippen MR) is 88.2 cm³/mol. The average Bonchev–Trinajstić information content (AvgIpc) is 2.84. The predicted octanol–water partition coefficient (Wildman–Crippen LogP) is 3.34. The Balaban J connectivity index is 2.02. The highest BCUT2D eigenvalue weighted by molar-refractivity contribution is 8.21. The van der Waals surface area contributed by atoms with Crippen molar-refractivity contribution in [1.29, 1.82) is 0 Å². The number of fused-ring (bicyclic) bond motifs is 1. The Morgan fingerprint density at radius 2 is 1.91 bits per heavy atom. The molecule has 1 fully saturated rings. The number of rotatable bonds is 2. The van der Waals surface area contributed by atoms with E-state index in [1.165, 1.54) is 13.8 Å². The van der Waals surface area contributed by atoms with E-state index in [2.05, 4.69) is 0 Å². The summed E-state index contributed by atoms with van der Waals surface area (Å²) in [6, 6.07) is 5.70. The minimum absolute atomic E-state index is 0.0714. The maximum absolute atomic E-state index is 11.5. The summed E-state index contributed by atoms with van der Waals surface area (Å²) in [5, 5.41) is 0. The van der Waals surface area contributed by atoms with Gasteiger partial charge >= 0.3 is 11.9 Å². The van der Waals surface area contributed by atoms with E-state index in [1.54, 1.807) is 6.07 Å². The van der Waals surface area contributed by atoms with Gasteiger partial charge in [0.15, 0.2) is 0 Å². The van der Waals surface area contributed by atoms with Crippen molar-refractivity contribution >= 4 is 35.5 Å². The fourth-order valence-corrected chi connectivity index (χ4v) is 6.42. The summed E-state index contributed by atoms with van der Waals surface area (Å²) in [6.07, 6.45) is 1.31. The van der Waals surface area contributed by atoms with Crippen molar-refractivity contribution in [2.75, 3.05) is 11.5 Å². The number of benzene rings is 1. The zero-order valence-corrected chi connectivity index (χ0v) is 14.2. The molecule has 0 bridgehead atoms. The van der Waals surface area contributed by atoms with Crippen LogP contribution in [0, 0.1) is 0 Å². The fourth-order valence-electron chi connectivity index (χ4n) is 3.12. The van der Waals surface area contributed by atoms with Crippen LogP contribution in [0.4, 0.5) is 0 Å². The highest BCUT2D eigenvalue weighted by Gasteiger charge is 2.45. The molecule has 1 heterocycles. The van der Waals surface area contributed by atoms with E-state index in [0.717, 1.165) is 35.5 Å². The monoisotopic (exact) mass is 338 g/mol. The van der Waals surface area contributed by atoms with E-state index < -0.39 is 0 Å². The quantitative estimate of drug-likeness (QED) is 0.609. The van der Waals surface area contributed by atoms with Gasteiger partial charge in [-0.25, -0.2) is 0 Å². The van der Waals surface area contributed by atoms with Gasteiger partial charge in [-0.2, -0.15) is 0 Å². The summed E-state index contributed by atoms with van der Waals surface area (Å²) in [7, 11) is 0. The number of thioether (sulfide) groups is 2. The van der Waals surface area contributed by atoms with Gasteiger partial charge in [0.1, 0.15) is 11.9 Å². The highest BCUT2D eigenvalue weighted by atomic mass is 32.2. The third kappa shape index (κ3) is 3.13. The third-order valence-corrected chi connectivity index (χ3v) is 7.27. The molecule has 0 aromatic heterocycles. The normalized spacial score (nSPS) is 22.2. The molecule has 1 aromatic rings. The van der Waals surface area contributed by atoms with E-state index in [-0.39, 0.29) is 22.1 Å². The molecule has 0 radical (unpaired) electrons. The summed E-state index contributed by atoms with van der Waals surface area (Å²) in [5.74, 6) is 2.09. The first-order valence-corrected chi connectivity index (χ1v) is 9.21. The van der Waals surface area contributed by atoms with Crippen LogP contribution in [0.25, 0.3) is 0 Å². The molecule has 1 atom stereocenters. The minimum Gasteiger partial charge on any atom is -0.457 e. The zero-order valence-electron chi connectivity index (χ0n) is 12.6. The topological polar surface area (TPSA) is 52.6 Å². The second-order valence-electron chi connectivity index (χ2n) is 5.51. The van der Waals surface area contributed by atoms with Crippen LogP contribution in [0.15, 0.2) is 18.2 Å². The van der Waals surface area contributed by atoms with E-state index in [9.17, 15) is 9.59 Å². The SMILES string of the molecule is CC(=O)Oc1cccc2c1C(OC(C)=O)CC1(C2)SCCS1. The number of carbonyl (C=O) groups is 2. The second-order valence-corrected chi connectivity index (χ2v) is 8.72. The van der Waals surface area contributed by atoms with Gasteiger partial charge in [-0.3, -0.25) is 9.59 Å². The molecule has 2 aliphatic rings. The first kappa shape index (κ1) is 15.7. The minimum atomic E-state index is -0.361. The standard InChI is InChI=1S/C16H18O4S2/c1-10(17)19-13-5-3-4-12-8-16(21-6-7-22-16)9-14(15(12)13)20-11(2)18/h3-5,14H,6-9H2,1-2H3. The van der Waals surface area contributed by atoms with Crippen molar-refractivity contribution < 1.29 is 19.1 Å². The van der Waals surface area contributed by atoms with Crippen molar-refractivity contribution in [1.82, 2.24) is 0 Å². The van der Waals surface area contributed by atoms with Gasteiger partial charge in [0.25, 0.3) is 0 Å². The molecule has 1 unspecified atom stereocenters. The van der Waals surface area contributed by atoms with E-state index in [0.29, 0.717) is 5.75 Å². The highest BCUT2D eigenvalue weighted by Crippen LogP contribution is 2.56. The van der Waals surface area contributed by atoms with Crippen LogP contribution in [0.2, 0.25) is 0 Å². The molecule has 1 aromatic carbocycles. The maximum Gasteiger partial charge on any atom is 0.308 e. The van der Waals surface area contributed by atoms with Gasteiger partial charge in [-0.1, -0.05) is 12.1 Å². The van der Waals surface area contributed by atoms with Crippen LogP contribution in [-0.2, 0) is 20.7 Å². The number of hydrogen-bond donors (Lipinski definition) is 0. The molecule has 0 amide bonds. The first-order chi connectivity index (χ1) is 10.5. The van der Waals surface area contributed by atoms with Gasteiger partial charge in [-0.05, 0) is 18.1 Å². The maximum atomic E-state index is 11.5. The van der Waals surface area contributed by atoms with E-state index in [1.807, 2.05) is 35.7 Å². The van der Waals surface area contributed by atoms with Crippen molar-refractivity contribution in [3.05, 3.63) is 29.3 Å². The van der Waals surface area contributed by atoms with Crippen LogP contribution in [0.1, 0.15) is 37.5 Å². The molecule has 1 aliphatic heterocycles. The fraction of sp³-hybridized carbons (Fsp3) is 0.500. The summed E-state index contributed by atoms with van der Waals surface area (Å²) in [4.78, 5) is 22.9. The van der Waals surface area contributed by atoms with Crippen LogP contribution >= 0.6 is 23.5 Å². The Morgan fingerprint density at radius 1 is 1.18 bits per heavy atom. The average molecular weight is 338 g/mol. The second kappa shape index (κ2) is 6.16. The van der Waals surface area contributed by atoms with Gasteiger partial charge < -0.3 is 9.47 Å². The molecule has 118 valence electrons. The summed E-state index contributed by atoms with van der Waals surface area (Å²) < 4.78 is 11.0. The Kier molecular flexibility index (Phi) is 4.41. The molecule has 0 N–H and O–H groups in total. The molecule has 6 heteroatoms. The molecule has 22 heavy (non-hydrogen) atoms. The zero-order chi connectivity index (χ0) is 15.7. The molecule has 4 nitrogen and oxygen atoms in total. The lowest BCUT2D eigenvalue weighted by atomic mass is 9.87. The van der Waals surface area contributed by atoms with Gasteiger partial charge in [0.05, 0.1) is 4.08 Å². The van der Waals surface area contributed by atoms with Crippen molar-refractivity contribution in [2.45, 2.75) is 36.9 Å². The van der Waals surface area contributed by atoms with Crippen LogP contribution < -0.4 is 4.74 Å². The molecular formula is C16H18O4S2. The molecular weight excluding hydrogens is 320 g/mol. The lowest BCUT2D eigenvalue weighted by Crippen LogP contribution is -2.32. The first-order valence-electron chi connectivity index (χ1n) is 7.24. The Hall–Kier alpha value is -1.14. The largest absolute Gasteiger partial charge is 0.457 e. The number of carbonyl (C=O) groups excluding carboxylic acids is 2. The molecule has 1 saturated heterocycles. The molecule has 0 saturated carbocycles. The molecule has 3 rings (SSSR count). The van der Waals surface area contributed by atoms with Crippen LogP contribution in [0.3, 0.4) is 0 Å². The van der Waals surface area contributed by atoms with Gasteiger partial charge in [0, 0.05) is 37.3 Å². The lowest BCUT2D eigenvalue weighted by molar-refractivity contribution is -0.147. The summed E-state index contributed by atoms with van der Waals surface area (Å²) >= 11 is 3.89.